The number of piperidine rings is 1. The van der Waals surface area contributed by atoms with Crippen molar-refractivity contribution in [1.82, 2.24) is 9.62 Å². The van der Waals surface area contributed by atoms with Crippen LogP contribution in [-0.2, 0) is 26.7 Å². The number of nitrogens with one attached hydrogen (secondary N) is 1. The van der Waals surface area contributed by atoms with Crippen LogP contribution in [0.4, 0.5) is 0 Å². The summed E-state index contributed by atoms with van der Waals surface area (Å²) in [5.41, 5.74) is 2.42. The Morgan fingerprint density at radius 2 is 1.81 bits per heavy atom. The first-order chi connectivity index (χ1) is 14.8. The van der Waals surface area contributed by atoms with E-state index >= 15 is 0 Å². The number of carbonyl (C=O) groups is 1. The number of sulfonamides is 1. The lowest BCUT2D eigenvalue weighted by molar-refractivity contribution is -0.128. The molecule has 0 spiro atoms. The molecule has 1 amide bonds. The van der Waals surface area contributed by atoms with Crippen molar-refractivity contribution in [2.45, 2.75) is 38.5 Å². The van der Waals surface area contributed by atoms with Gasteiger partial charge in [0.1, 0.15) is 5.75 Å². The Hall–Kier alpha value is -2.38. The van der Waals surface area contributed by atoms with Crippen molar-refractivity contribution < 1.29 is 17.9 Å². The summed E-state index contributed by atoms with van der Waals surface area (Å²) in [7, 11) is -1.61. The number of aryl methyl sites for hydroxylation is 1. The predicted molar refractivity (Wildman–Crippen MR) is 123 cm³/mol. The topological polar surface area (TPSA) is 75.7 Å². The maximum atomic E-state index is 13.4. The van der Waals surface area contributed by atoms with E-state index in [1.165, 1.54) is 4.31 Å². The van der Waals surface area contributed by atoms with Crippen LogP contribution in [-0.4, -0.2) is 51.1 Å². The quantitative estimate of drug-likeness (QED) is 0.679. The first kappa shape index (κ1) is 23.3. The van der Waals surface area contributed by atoms with Crippen molar-refractivity contribution in [1.29, 1.82) is 0 Å². The molecule has 0 atom stereocenters. The number of benzene rings is 2. The van der Waals surface area contributed by atoms with Crippen molar-refractivity contribution in [2.24, 2.45) is 0 Å². The van der Waals surface area contributed by atoms with Crippen LogP contribution in [0.2, 0.25) is 0 Å². The third kappa shape index (κ3) is 5.10. The number of amides is 1. The summed E-state index contributed by atoms with van der Waals surface area (Å²) in [4.78, 5) is 13.4. The first-order valence-corrected chi connectivity index (χ1v) is 12.4. The molecule has 6 nitrogen and oxygen atoms in total. The average molecular weight is 445 g/mol. The van der Waals surface area contributed by atoms with Crippen molar-refractivity contribution >= 4 is 15.9 Å². The minimum absolute atomic E-state index is 0.0427. The molecular weight excluding hydrogens is 412 g/mol. The molecule has 3 rings (SSSR count). The van der Waals surface area contributed by atoms with E-state index in [0.29, 0.717) is 38.9 Å². The Labute approximate surface area is 185 Å². The predicted octanol–water partition coefficient (Wildman–Crippen LogP) is 3.05. The van der Waals surface area contributed by atoms with Crippen molar-refractivity contribution in [3.05, 3.63) is 65.2 Å². The monoisotopic (exact) mass is 444 g/mol. The molecule has 0 unspecified atom stereocenters. The van der Waals surface area contributed by atoms with Gasteiger partial charge in [-0.1, -0.05) is 48.0 Å². The molecule has 0 radical (unpaired) electrons. The minimum atomic E-state index is -3.26. The standard InChI is InChI=1S/C24H32N2O4S/c1-4-31(28,29)26-16-13-24(14-17-26,21-8-6-5-7-9-21)23(27)25-15-12-20-18-19(2)10-11-22(20)30-3/h5-11,18H,4,12-17H2,1-3H3,(H,25,27). The number of nitrogens with zero attached hydrogens (tertiary/aromatic N) is 1. The molecule has 7 heteroatoms. The molecule has 0 saturated carbocycles. The lowest BCUT2D eigenvalue weighted by Crippen LogP contribution is -2.53. The van der Waals surface area contributed by atoms with Gasteiger partial charge in [-0.05, 0) is 50.3 Å². The summed E-state index contributed by atoms with van der Waals surface area (Å²) in [5, 5.41) is 3.12. The fourth-order valence-electron chi connectivity index (χ4n) is 4.32. The molecule has 1 saturated heterocycles. The van der Waals surface area contributed by atoms with Gasteiger partial charge in [0.25, 0.3) is 0 Å². The second-order valence-electron chi connectivity index (χ2n) is 8.07. The summed E-state index contributed by atoms with van der Waals surface area (Å²) >= 11 is 0. The number of methoxy groups -OCH3 is 1. The molecule has 1 fully saturated rings. The molecule has 31 heavy (non-hydrogen) atoms. The zero-order valence-electron chi connectivity index (χ0n) is 18.6. The molecule has 1 aliphatic heterocycles. The fourth-order valence-corrected chi connectivity index (χ4v) is 5.42. The van der Waals surface area contributed by atoms with Crippen LogP contribution in [0, 0.1) is 6.92 Å². The van der Waals surface area contributed by atoms with E-state index < -0.39 is 15.4 Å². The zero-order valence-corrected chi connectivity index (χ0v) is 19.4. The Balaban J connectivity index is 1.75. The fraction of sp³-hybridized carbons (Fsp3) is 0.458. The van der Waals surface area contributed by atoms with Crippen LogP contribution < -0.4 is 10.1 Å². The highest BCUT2D eigenvalue weighted by molar-refractivity contribution is 7.89. The summed E-state index contributed by atoms with van der Waals surface area (Å²) in [5.74, 6) is 0.852. The zero-order chi connectivity index (χ0) is 22.5. The van der Waals surface area contributed by atoms with Crippen LogP contribution in [0.1, 0.15) is 36.5 Å². The van der Waals surface area contributed by atoms with Gasteiger partial charge >= 0.3 is 0 Å². The van der Waals surface area contributed by atoms with E-state index in [9.17, 15) is 13.2 Å². The molecule has 2 aromatic carbocycles. The normalized spacial score (nSPS) is 16.6. The Morgan fingerprint density at radius 3 is 2.42 bits per heavy atom. The average Bonchev–Trinajstić information content (AvgIpc) is 2.79. The molecule has 0 aliphatic carbocycles. The number of ether oxygens (including phenoxy) is 1. The Morgan fingerprint density at radius 1 is 1.13 bits per heavy atom. The number of rotatable bonds is 8. The van der Waals surface area contributed by atoms with Gasteiger partial charge in [0.2, 0.25) is 15.9 Å². The van der Waals surface area contributed by atoms with Crippen LogP contribution in [0.15, 0.2) is 48.5 Å². The van der Waals surface area contributed by atoms with E-state index in [2.05, 4.69) is 11.4 Å². The van der Waals surface area contributed by atoms with Crippen molar-refractivity contribution in [3.8, 4) is 5.75 Å². The first-order valence-electron chi connectivity index (χ1n) is 10.8. The molecule has 168 valence electrons. The molecule has 1 aliphatic rings. The molecule has 0 aromatic heterocycles. The highest BCUT2D eigenvalue weighted by Crippen LogP contribution is 2.36. The lowest BCUT2D eigenvalue weighted by atomic mass is 9.72. The van der Waals surface area contributed by atoms with Crippen LogP contribution in [0.25, 0.3) is 0 Å². The van der Waals surface area contributed by atoms with Gasteiger partial charge in [0.05, 0.1) is 18.3 Å². The Bertz CT molecular complexity index is 997. The van der Waals surface area contributed by atoms with Gasteiger partial charge in [-0.2, -0.15) is 0 Å². The van der Waals surface area contributed by atoms with E-state index in [1.807, 2.05) is 49.4 Å². The van der Waals surface area contributed by atoms with Gasteiger partial charge < -0.3 is 10.1 Å². The number of hydrogen-bond acceptors (Lipinski definition) is 4. The summed E-state index contributed by atoms with van der Waals surface area (Å²) in [6, 6.07) is 15.7. The summed E-state index contributed by atoms with van der Waals surface area (Å²) in [6.07, 6.45) is 1.60. The van der Waals surface area contributed by atoms with Gasteiger partial charge in [0, 0.05) is 19.6 Å². The highest BCUT2D eigenvalue weighted by atomic mass is 32.2. The second kappa shape index (κ2) is 9.83. The maximum Gasteiger partial charge on any atom is 0.230 e. The molecular formula is C24H32N2O4S. The summed E-state index contributed by atoms with van der Waals surface area (Å²) < 4.78 is 31.6. The van der Waals surface area contributed by atoms with Crippen LogP contribution in [0.3, 0.4) is 0 Å². The molecule has 0 bridgehead atoms. The lowest BCUT2D eigenvalue weighted by Gasteiger charge is -2.40. The van der Waals surface area contributed by atoms with Crippen molar-refractivity contribution in [2.75, 3.05) is 32.5 Å². The molecule has 1 N–H and O–H groups in total. The van der Waals surface area contributed by atoms with Gasteiger partial charge in [-0.3, -0.25) is 4.79 Å². The van der Waals surface area contributed by atoms with Gasteiger partial charge in [0.15, 0.2) is 0 Å². The van der Waals surface area contributed by atoms with E-state index in [-0.39, 0.29) is 11.7 Å². The molecule has 1 heterocycles. The van der Waals surface area contributed by atoms with E-state index in [0.717, 1.165) is 22.4 Å². The van der Waals surface area contributed by atoms with Crippen molar-refractivity contribution in [3.63, 3.8) is 0 Å². The number of hydrogen-bond donors (Lipinski definition) is 1. The number of carbonyl (C=O) groups excluding carboxylic acids is 1. The third-order valence-corrected chi connectivity index (χ3v) is 8.09. The van der Waals surface area contributed by atoms with E-state index in [4.69, 9.17) is 4.74 Å². The minimum Gasteiger partial charge on any atom is -0.496 e. The second-order valence-corrected chi connectivity index (χ2v) is 10.3. The smallest absolute Gasteiger partial charge is 0.230 e. The van der Waals surface area contributed by atoms with Crippen LogP contribution >= 0.6 is 0 Å². The maximum absolute atomic E-state index is 13.4. The SMILES string of the molecule is CCS(=O)(=O)N1CCC(C(=O)NCCc2cc(C)ccc2OC)(c2ccccc2)CC1. The van der Waals surface area contributed by atoms with Crippen LogP contribution in [0.5, 0.6) is 5.75 Å². The Kier molecular flexibility index (Phi) is 7.38. The third-order valence-electron chi connectivity index (χ3n) is 6.21. The van der Waals surface area contributed by atoms with Gasteiger partial charge in [-0.15, -0.1) is 0 Å². The summed E-state index contributed by atoms with van der Waals surface area (Å²) in [6.45, 7) is 4.88. The van der Waals surface area contributed by atoms with E-state index in [1.54, 1.807) is 14.0 Å². The highest BCUT2D eigenvalue weighted by Gasteiger charge is 2.44. The van der Waals surface area contributed by atoms with Gasteiger partial charge in [-0.25, -0.2) is 12.7 Å². The molecule has 2 aromatic rings. The largest absolute Gasteiger partial charge is 0.496 e.